The van der Waals surface area contributed by atoms with E-state index in [9.17, 15) is 40.5 Å². The molecule has 4 unspecified atom stereocenters. The van der Waals surface area contributed by atoms with Crippen LogP contribution >= 0.6 is 0 Å². The number of phenolic OH excluding ortho intramolecular Hbond substituents is 1. The second-order valence-electron chi connectivity index (χ2n) is 13.3. The maximum Gasteiger partial charge on any atom is 0.229 e. The molecule has 0 aliphatic carbocycles. The smallest absolute Gasteiger partial charge is 0.229 e. The van der Waals surface area contributed by atoms with Gasteiger partial charge in [0.05, 0.1) is 24.7 Å². The molecule has 14 heteroatoms. The number of aliphatic hydroxyl groups excluding tert-OH is 6. The Bertz CT molecular complexity index is 1840. The van der Waals surface area contributed by atoms with E-state index in [1.807, 2.05) is 33.8 Å². The summed E-state index contributed by atoms with van der Waals surface area (Å²) in [6.45, 7) is 10.5. The number of methoxy groups -OCH3 is 1. The van der Waals surface area contributed by atoms with Crippen molar-refractivity contribution in [3.05, 3.63) is 56.8 Å². The molecule has 274 valence electrons. The number of rotatable bonds is 9. The first-order valence-electron chi connectivity index (χ1n) is 16.4. The quantitative estimate of drug-likeness (QED) is 0.126. The SMILES string of the molecule is COc1c(O[C@@H]2OC(C)[C@@H](O)[C@H](O)C2O)cc2oc3cc(O[C@@H]4OC(C)[C@@H](O)[C@H](O)C4O)c(CC=C(C)C)c(O)c3c(=O)c2c1CC=C(C)C. The Balaban J connectivity index is 1.74. The fourth-order valence-electron chi connectivity index (χ4n) is 6.10. The summed E-state index contributed by atoms with van der Waals surface area (Å²) in [7, 11) is 1.37. The largest absolute Gasteiger partial charge is 0.507 e. The first kappa shape index (κ1) is 37.5. The lowest BCUT2D eigenvalue weighted by Crippen LogP contribution is -2.58. The van der Waals surface area contributed by atoms with Gasteiger partial charge in [-0.1, -0.05) is 23.3 Å². The van der Waals surface area contributed by atoms with E-state index in [1.165, 1.54) is 33.1 Å². The third-order valence-electron chi connectivity index (χ3n) is 9.05. The van der Waals surface area contributed by atoms with E-state index < -0.39 is 72.6 Å². The van der Waals surface area contributed by atoms with Crippen LogP contribution in [0.1, 0.15) is 52.7 Å². The molecule has 2 aliphatic heterocycles. The predicted octanol–water partition coefficient (Wildman–Crippen LogP) is 2.09. The minimum Gasteiger partial charge on any atom is -0.507 e. The van der Waals surface area contributed by atoms with Gasteiger partial charge in [-0.3, -0.25) is 4.79 Å². The van der Waals surface area contributed by atoms with E-state index in [2.05, 4.69) is 0 Å². The summed E-state index contributed by atoms with van der Waals surface area (Å²) in [5.41, 5.74) is 1.70. The van der Waals surface area contributed by atoms with Crippen LogP contribution < -0.4 is 19.6 Å². The first-order chi connectivity index (χ1) is 23.5. The number of benzene rings is 2. The molecular weight excluding hydrogens is 656 g/mol. The van der Waals surface area contributed by atoms with Crippen molar-refractivity contribution in [1.82, 2.24) is 0 Å². The summed E-state index contributed by atoms with van der Waals surface area (Å²) in [6, 6.07) is 2.73. The lowest BCUT2D eigenvalue weighted by molar-refractivity contribution is -0.268. The number of fused-ring (bicyclic) bond motifs is 2. The highest BCUT2D eigenvalue weighted by molar-refractivity contribution is 5.98. The average molecular weight is 703 g/mol. The summed E-state index contributed by atoms with van der Waals surface area (Å²) in [4.78, 5) is 14.4. The van der Waals surface area contributed by atoms with Crippen LogP contribution in [-0.4, -0.2) is 104 Å². The van der Waals surface area contributed by atoms with Crippen LogP contribution in [0.5, 0.6) is 23.0 Å². The summed E-state index contributed by atoms with van der Waals surface area (Å²) >= 11 is 0. The molecule has 2 aliphatic rings. The maximum absolute atomic E-state index is 14.4. The molecule has 50 heavy (non-hydrogen) atoms. The van der Waals surface area contributed by atoms with Crippen molar-refractivity contribution < 1.29 is 63.8 Å². The van der Waals surface area contributed by atoms with Gasteiger partial charge in [-0.2, -0.15) is 0 Å². The monoisotopic (exact) mass is 702 g/mol. The van der Waals surface area contributed by atoms with Gasteiger partial charge in [0, 0.05) is 23.3 Å². The van der Waals surface area contributed by atoms with Crippen molar-refractivity contribution in [2.75, 3.05) is 7.11 Å². The number of aliphatic hydroxyl groups is 6. The summed E-state index contributed by atoms with van der Waals surface area (Å²) in [6.07, 6.45) is -9.87. The molecule has 7 N–H and O–H groups in total. The second kappa shape index (κ2) is 14.9. The Labute approximate surface area is 288 Å². The Morgan fingerprint density at radius 1 is 0.700 bits per heavy atom. The summed E-state index contributed by atoms with van der Waals surface area (Å²) in [5, 5.41) is 74.1. The maximum atomic E-state index is 14.4. The van der Waals surface area contributed by atoms with E-state index in [1.54, 1.807) is 6.08 Å². The number of phenols is 1. The Hall–Kier alpha value is -3.73. The molecule has 14 nitrogen and oxygen atoms in total. The molecule has 1 aromatic heterocycles. The first-order valence-corrected chi connectivity index (χ1v) is 16.4. The Kier molecular flexibility index (Phi) is 11.2. The van der Waals surface area contributed by atoms with E-state index in [0.29, 0.717) is 5.56 Å². The topological polar surface area (TPSA) is 218 Å². The molecule has 2 fully saturated rings. The molecule has 0 spiro atoms. The summed E-state index contributed by atoms with van der Waals surface area (Å²) in [5.74, 6) is -0.323. The highest BCUT2D eigenvalue weighted by Gasteiger charge is 2.45. The Morgan fingerprint density at radius 2 is 1.16 bits per heavy atom. The molecule has 2 aromatic carbocycles. The molecule has 0 radical (unpaired) electrons. The number of ether oxygens (including phenoxy) is 5. The molecule has 2 saturated heterocycles. The van der Waals surface area contributed by atoms with Crippen LogP contribution in [-0.2, 0) is 22.3 Å². The third-order valence-corrected chi connectivity index (χ3v) is 9.05. The van der Waals surface area contributed by atoms with Crippen LogP contribution in [0.25, 0.3) is 21.9 Å². The lowest BCUT2D eigenvalue weighted by Gasteiger charge is -2.39. The molecule has 5 rings (SSSR count). The number of aromatic hydroxyl groups is 1. The highest BCUT2D eigenvalue weighted by Crippen LogP contribution is 2.43. The van der Waals surface area contributed by atoms with Gasteiger partial charge in [-0.05, 0) is 54.4 Å². The number of hydrogen-bond acceptors (Lipinski definition) is 14. The van der Waals surface area contributed by atoms with Crippen molar-refractivity contribution in [1.29, 1.82) is 0 Å². The van der Waals surface area contributed by atoms with Crippen molar-refractivity contribution >= 4 is 21.9 Å². The minimum absolute atomic E-state index is 0.000584. The van der Waals surface area contributed by atoms with Crippen LogP contribution in [0.2, 0.25) is 0 Å². The van der Waals surface area contributed by atoms with E-state index in [4.69, 9.17) is 28.1 Å². The van der Waals surface area contributed by atoms with Gasteiger partial charge >= 0.3 is 0 Å². The second-order valence-corrected chi connectivity index (χ2v) is 13.3. The molecule has 10 atom stereocenters. The van der Waals surface area contributed by atoms with Gasteiger partial charge in [0.15, 0.2) is 11.5 Å². The van der Waals surface area contributed by atoms with Crippen molar-refractivity contribution in [3.8, 4) is 23.0 Å². The number of allylic oxidation sites excluding steroid dienone is 4. The van der Waals surface area contributed by atoms with Gasteiger partial charge in [-0.15, -0.1) is 0 Å². The van der Waals surface area contributed by atoms with Crippen LogP contribution in [0.15, 0.2) is 44.6 Å². The normalized spacial score (nSPS) is 29.9. The van der Waals surface area contributed by atoms with Gasteiger partial charge in [0.25, 0.3) is 0 Å². The van der Waals surface area contributed by atoms with E-state index >= 15 is 0 Å². The molecule has 3 aromatic rings. The zero-order chi connectivity index (χ0) is 36.8. The van der Waals surface area contributed by atoms with E-state index in [-0.39, 0.29) is 57.6 Å². The molecule has 3 heterocycles. The van der Waals surface area contributed by atoms with E-state index in [0.717, 1.165) is 11.1 Å². The molecule has 0 saturated carbocycles. The molecular formula is C36H46O14. The van der Waals surface area contributed by atoms with Crippen molar-refractivity contribution in [2.24, 2.45) is 0 Å². The van der Waals surface area contributed by atoms with Crippen molar-refractivity contribution in [2.45, 2.75) is 116 Å². The third kappa shape index (κ3) is 7.07. The predicted molar refractivity (Wildman–Crippen MR) is 180 cm³/mol. The number of hydrogen-bond donors (Lipinski definition) is 7. The van der Waals surface area contributed by atoms with Gasteiger partial charge in [-0.25, -0.2) is 0 Å². The zero-order valence-corrected chi connectivity index (χ0v) is 29.0. The Morgan fingerprint density at radius 3 is 1.66 bits per heavy atom. The summed E-state index contributed by atoms with van der Waals surface area (Å²) < 4.78 is 35.4. The standard InChI is InChI=1S/C36H46O14/c1-14(2)8-10-18-20(49-35-32(43)30(41)26(37)16(5)46-35)12-22-25(28(18)39)29(40)24-19(11-9-15(3)4)34(45-7)23(13-21(24)48-22)50-36-33(44)31(42)27(38)17(6)47-36/h8-9,12-13,16-17,26-27,30-33,35-39,41-44H,10-11H2,1-7H3/t16?,17?,26-,27-,30+,31+,32?,33?,35+,36+/m1/s1. The minimum atomic E-state index is -1.65. The fraction of sp³-hybridized carbons (Fsp3) is 0.528. The molecule has 0 amide bonds. The van der Waals surface area contributed by atoms with Crippen molar-refractivity contribution in [3.63, 3.8) is 0 Å². The molecule has 0 bridgehead atoms. The zero-order valence-electron chi connectivity index (χ0n) is 29.0. The average Bonchev–Trinajstić information content (AvgIpc) is 3.05. The van der Waals surface area contributed by atoms with Crippen LogP contribution in [0.4, 0.5) is 0 Å². The van der Waals surface area contributed by atoms with Crippen LogP contribution in [0, 0.1) is 0 Å². The fourth-order valence-corrected chi connectivity index (χ4v) is 6.10. The van der Waals surface area contributed by atoms with Gasteiger partial charge in [0.1, 0.15) is 64.7 Å². The van der Waals surface area contributed by atoms with Crippen LogP contribution in [0.3, 0.4) is 0 Å². The van der Waals surface area contributed by atoms with Gasteiger partial charge in [0.2, 0.25) is 18.0 Å². The highest BCUT2D eigenvalue weighted by atomic mass is 16.7. The van der Waals surface area contributed by atoms with Gasteiger partial charge < -0.3 is 63.8 Å². The lowest BCUT2D eigenvalue weighted by atomic mass is 9.98.